The van der Waals surface area contributed by atoms with E-state index in [0.717, 1.165) is 0 Å². The number of rotatable bonds is 16. The summed E-state index contributed by atoms with van der Waals surface area (Å²) in [4.78, 5) is 71.9. The van der Waals surface area contributed by atoms with Gasteiger partial charge in [0.2, 0.25) is 6.79 Å². The van der Waals surface area contributed by atoms with E-state index >= 15 is 0 Å². The Morgan fingerprint density at radius 3 is 0.902 bits per heavy atom. The van der Waals surface area contributed by atoms with Crippen LogP contribution in [0.4, 0.5) is 9.59 Å². The van der Waals surface area contributed by atoms with Gasteiger partial charge in [0.25, 0.3) is 0 Å². The Labute approximate surface area is 238 Å². The van der Waals surface area contributed by atoms with Crippen molar-refractivity contribution >= 4 is 36.1 Å². The number of nitrogens with one attached hydrogen (secondary N) is 2. The normalized spacial score (nSPS) is 10.7. The Hall–Kier alpha value is -4.62. The van der Waals surface area contributed by atoms with Gasteiger partial charge in [-0.1, -0.05) is 26.3 Å². The largest absolute Gasteiger partial charge is 0.460 e. The lowest BCUT2D eigenvalue weighted by Gasteiger charge is -2.30. The SMILES string of the molecule is C=C(C)C(=O)OCC(C)(COC(=O)C(=C)C)NC(=O)OCOC(=O)NC(C)(COC(=O)C(=C)C)COC(=O)C(=C)C. The molecule has 14 heteroatoms. The Morgan fingerprint density at radius 2 is 0.707 bits per heavy atom. The minimum atomic E-state index is -1.45. The molecule has 0 aromatic carbocycles. The van der Waals surface area contributed by atoms with Gasteiger partial charge < -0.3 is 39.1 Å². The smallest absolute Gasteiger partial charge is 0.410 e. The average molecular weight is 583 g/mol. The zero-order valence-corrected chi connectivity index (χ0v) is 24.3. The second-order valence-electron chi connectivity index (χ2n) is 9.78. The van der Waals surface area contributed by atoms with Crippen molar-refractivity contribution in [1.29, 1.82) is 0 Å². The molecule has 0 aromatic rings. The molecule has 0 bridgehead atoms. The van der Waals surface area contributed by atoms with E-state index in [9.17, 15) is 28.8 Å². The highest BCUT2D eigenvalue weighted by Crippen LogP contribution is 2.11. The molecule has 0 aliphatic heterocycles. The second kappa shape index (κ2) is 16.5. The van der Waals surface area contributed by atoms with E-state index in [1.807, 2.05) is 0 Å². The zero-order valence-electron chi connectivity index (χ0n) is 24.3. The Balaban J connectivity index is 5.21. The van der Waals surface area contributed by atoms with Crippen molar-refractivity contribution in [3.63, 3.8) is 0 Å². The second-order valence-corrected chi connectivity index (χ2v) is 9.78. The lowest BCUT2D eigenvalue weighted by Crippen LogP contribution is -2.54. The number of amides is 2. The molecule has 2 amide bonds. The van der Waals surface area contributed by atoms with Gasteiger partial charge >= 0.3 is 36.1 Å². The van der Waals surface area contributed by atoms with Crippen molar-refractivity contribution in [2.75, 3.05) is 33.2 Å². The summed E-state index contributed by atoms with van der Waals surface area (Å²) in [6.45, 7) is 19.7. The van der Waals surface area contributed by atoms with Crippen molar-refractivity contribution in [1.82, 2.24) is 10.6 Å². The summed E-state index contributed by atoms with van der Waals surface area (Å²) in [5.41, 5.74) is -2.50. The minimum Gasteiger partial charge on any atom is -0.460 e. The van der Waals surface area contributed by atoms with Gasteiger partial charge in [-0.25, -0.2) is 28.8 Å². The molecule has 0 saturated carbocycles. The fourth-order valence-corrected chi connectivity index (χ4v) is 2.32. The van der Waals surface area contributed by atoms with Crippen molar-refractivity contribution in [3.05, 3.63) is 48.6 Å². The van der Waals surface area contributed by atoms with E-state index in [1.165, 1.54) is 41.5 Å². The van der Waals surface area contributed by atoms with Gasteiger partial charge in [-0.15, -0.1) is 0 Å². The fraction of sp³-hybridized carbons (Fsp3) is 0.481. The van der Waals surface area contributed by atoms with E-state index in [-0.39, 0.29) is 22.3 Å². The first kappa shape index (κ1) is 36.4. The molecular weight excluding hydrogens is 544 g/mol. The summed E-state index contributed by atoms with van der Waals surface area (Å²) in [6, 6.07) is 0. The van der Waals surface area contributed by atoms with Crippen LogP contribution in [0.5, 0.6) is 0 Å². The highest BCUT2D eigenvalue weighted by Gasteiger charge is 2.33. The standard InChI is InChI=1S/C27H38N2O12/c1-16(2)20(30)36-11-26(9,12-37-21(31)17(3)4)28-24(34)40-15-41-25(35)29-27(10,13-38-22(32)18(5)6)14-39-23(33)19(7)8/h1,3,5,7,11-15H2,2,4,6,8-10H3,(H,28,34)(H,29,35). The highest BCUT2D eigenvalue weighted by atomic mass is 16.7. The van der Waals surface area contributed by atoms with E-state index < -0.39 is 80.4 Å². The van der Waals surface area contributed by atoms with Crippen LogP contribution in [0.25, 0.3) is 0 Å². The number of alkyl carbamates (subject to hydrolysis) is 2. The van der Waals surface area contributed by atoms with Crippen molar-refractivity contribution in [2.24, 2.45) is 0 Å². The molecule has 2 N–H and O–H groups in total. The molecule has 0 atom stereocenters. The van der Waals surface area contributed by atoms with Gasteiger partial charge in [0.15, 0.2) is 0 Å². The van der Waals surface area contributed by atoms with Gasteiger partial charge in [-0.2, -0.15) is 0 Å². The molecule has 0 heterocycles. The summed E-state index contributed by atoms with van der Waals surface area (Å²) in [5, 5.41) is 4.75. The van der Waals surface area contributed by atoms with Gasteiger partial charge in [-0.05, 0) is 41.5 Å². The van der Waals surface area contributed by atoms with Crippen LogP contribution in [0.1, 0.15) is 41.5 Å². The van der Waals surface area contributed by atoms with Crippen LogP contribution in [-0.4, -0.2) is 80.4 Å². The third kappa shape index (κ3) is 14.9. The maximum Gasteiger partial charge on any atom is 0.410 e. The molecule has 0 aromatic heterocycles. The summed E-state index contributed by atoms with van der Waals surface area (Å²) >= 11 is 0. The zero-order chi connectivity index (χ0) is 32.0. The molecule has 0 aliphatic rings. The fourth-order valence-electron chi connectivity index (χ4n) is 2.32. The van der Waals surface area contributed by atoms with Crippen LogP contribution in [0.3, 0.4) is 0 Å². The minimum absolute atomic E-state index is 0.101. The highest BCUT2D eigenvalue weighted by molar-refractivity contribution is 5.88. The van der Waals surface area contributed by atoms with Gasteiger partial charge in [0, 0.05) is 22.3 Å². The molecule has 41 heavy (non-hydrogen) atoms. The number of hydrogen-bond acceptors (Lipinski definition) is 12. The summed E-state index contributed by atoms with van der Waals surface area (Å²) < 4.78 is 30.0. The predicted octanol–water partition coefficient (Wildman–Crippen LogP) is 2.39. The molecule has 0 unspecified atom stereocenters. The third-order valence-electron chi connectivity index (χ3n) is 4.67. The van der Waals surface area contributed by atoms with E-state index in [4.69, 9.17) is 28.4 Å². The molecule has 0 spiro atoms. The number of carbonyl (C=O) groups is 6. The van der Waals surface area contributed by atoms with Crippen LogP contribution in [0, 0.1) is 0 Å². The van der Waals surface area contributed by atoms with Crippen molar-refractivity contribution < 1.29 is 57.2 Å². The molecule has 0 radical (unpaired) electrons. The maximum absolute atomic E-state index is 12.4. The average Bonchev–Trinajstić information content (AvgIpc) is 2.87. The lowest BCUT2D eigenvalue weighted by molar-refractivity contribution is -0.147. The molecule has 0 saturated heterocycles. The Bertz CT molecular complexity index is 948. The Kier molecular flexibility index (Phi) is 14.6. The van der Waals surface area contributed by atoms with Crippen LogP contribution in [0.15, 0.2) is 48.6 Å². The number of esters is 4. The molecule has 14 nitrogen and oxygen atoms in total. The van der Waals surface area contributed by atoms with Crippen LogP contribution < -0.4 is 10.6 Å². The van der Waals surface area contributed by atoms with E-state index in [1.54, 1.807) is 0 Å². The molecule has 0 fully saturated rings. The summed E-state index contributed by atoms with van der Waals surface area (Å²) in [7, 11) is 0. The lowest BCUT2D eigenvalue weighted by atomic mass is 10.1. The topological polar surface area (TPSA) is 182 Å². The number of ether oxygens (including phenoxy) is 6. The first-order valence-corrected chi connectivity index (χ1v) is 12.0. The van der Waals surface area contributed by atoms with Crippen molar-refractivity contribution in [3.8, 4) is 0 Å². The van der Waals surface area contributed by atoms with Crippen LogP contribution >= 0.6 is 0 Å². The first-order valence-electron chi connectivity index (χ1n) is 12.0. The molecule has 0 rings (SSSR count). The Morgan fingerprint density at radius 1 is 0.488 bits per heavy atom. The molecule has 0 aliphatic carbocycles. The quantitative estimate of drug-likeness (QED) is 0.117. The summed E-state index contributed by atoms with van der Waals surface area (Å²) in [6.07, 6.45) is -2.24. The van der Waals surface area contributed by atoms with E-state index in [2.05, 4.69) is 36.9 Å². The molecular formula is C27H38N2O12. The third-order valence-corrected chi connectivity index (χ3v) is 4.67. The maximum atomic E-state index is 12.4. The van der Waals surface area contributed by atoms with Gasteiger partial charge in [0.05, 0.1) is 0 Å². The number of carbonyl (C=O) groups excluding carboxylic acids is 6. The van der Waals surface area contributed by atoms with Gasteiger partial charge in [0.1, 0.15) is 37.5 Å². The van der Waals surface area contributed by atoms with Crippen molar-refractivity contribution in [2.45, 2.75) is 52.6 Å². The van der Waals surface area contributed by atoms with Crippen LogP contribution in [-0.2, 0) is 47.6 Å². The summed E-state index contributed by atoms with van der Waals surface area (Å²) in [5.74, 6) is -2.99. The molecule has 228 valence electrons. The van der Waals surface area contributed by atoms with Gasteiger partial charge in [-0.3, -0.25) is 0 Å². The first-order chi connectivity index (χ1) is 18.8. The number of hydrogen-bond donors (Lipinski definition) is 2. The van der Waals surface area contributed by atoms with Crippen LogP contribution in [0.2, 0.25) is 0 Å². The predicted molar refractivity (Wildman–Crippen MR) is 144 cm³/mol. The van der Waals surface area contributed by atoms with E-state index in [0.29, 0.717) is 0 Å². The monoisotopic (exact) mass is 582 g/mol.